The van der Waals surface area contributed by atoms with Crippen LogP contribution in [0.25, 0.3) is 0 Å². The summed E-state index contributed by atoms with van der Waals surface area (Å²) in [5, 5.41) is 3.05. The lowest BCUT2D eigenvalue weighted by Crippen LogP contribution is -2.75. The SMILES string of the molecule is CCOC1CC(N)(C(=O)NCCCN2CCCCC2C)C1(C)C.Cl.Cl. The van der Waals surface area contributed by atoms with E-state index in [1.807, 2.05) is 20.8 Å². The first-order valence-corrected chi connectivity index (χ1v) is 9.25. The summed E-state index contributed by atoms with van der Waals surface area (Å²) in [6, 6.07) is 0.679. The van der Waals surface area contributed by atoms with Crippen molar-refractivity contribution < 1.29 is 9.53 Å². The molecule has 0 aromatic heterocycles. The molecule has 7 heteroatoms. The summed E-state index contributed by atoms with van der Waals surface area (Å²) < 4.78 is 5.69. The smallest absolute Gasteiger partial charge is 0.240 e. The Morgan fingerprint density at radius 1 is 1.32 bits per heavy atom. The van der Waals surface area contributed by atoms with Crippen molar-refractivity contribution >= 4 is 30.7 Å². The van der Waals surface area contributed by atoms with E-state index in [9.17, 15) is 4.79 Å². The number of amides is 1. The normalized spacial score (nSPS) is 31.2. The molecule has 1 amide bonds. The summed E-state index contributed by atoms with van der Waals surface area (Å²) in [6.07, 6.45) is 5.63. The number of hydrogen-bond donors (Lipinski definition) is 2. The zero-order valence-electron chi connectivity index (χ0n) is 16.2. The Bertz CT molecular complexity index is 423. The van der Waals surface area contributed by atoms with Crippen molar-refractivity contribution in [3.8, 4) is 0 Å². The molecular weight excluding hydrogens is 361 g/mol. The third-order valence-electron chi connectivity index (χ3n) is 6.08. The van der Waals surface area contributed by atoms with Gasteiger partial charge >= 0.3 is 0 Å². The van der Waals surface area contributed by atoms with E-state index in [2.05, 4.69) is 17.1 Å². The minimum absolute atomic E-state index is 0. The fraction of sp³-hybridized carbons (Fsp3) is 0.944. The van der Waals surface area contributed by atoms with Crippen LogP contribution in [0, 0.1) is 5.41 Å². The molecule has 0 spiro atoms. The number of carbonyl (C=O) groups excluding carboxylic acids is 1. The number of nitrogens with one attached hydrogen (secondary N) is 1. The molecule has 1 aliphatic carbocycles. The number of likely N-dealkylation sites (tertiary alicyclic amines) is 1. The molecule has 150 valence electrons. The van der Waals surface area contributed by atoms with E-state index in [0.717, 1.165) is 13.0 Å². The number of nitrogens with zero attached hydrogens (tertiary/aromatic N) is 1. The molecule has 3 N–H and O–H groups in total. The molecule has 2 aliphatic rings. The molecule has 1 saturated heterocycles. The van der Waals surface area contributed by atoms with E-state index in [-0.39, 0.29) is 42.2 Å². The summed E-state index contributed by atoms with van der Waals surface area (Å²) in [4.78, 5) is 15.1. The van der Waals surface area contributed by atoms with Gasteiger partial charge in [0.1, 0.15) is 5.54 Å². The van der Waals surface area contributed by atoms with E-state index in [4.69, 9.17) is 10.5 Å². The van der Waals surface area contributed by atoms with Gasteiger partial charge in [0.2, 0.25) is 5.91 Å². The van der Waals surface area contributed by atoms with Crippen molar-refractivity contribution in [3.63, 3.8) is 0 Å². The highest BCUT2D eigenvalue weighted by molar-refractivity contribution is 5.88. The van der Waals surface area contributed by atoms with E-state index >= 15 is 0 Å². The van der Waals surface area contributed by atoms with Crippen molar-refractivity contribution in [2.75, 3.05) is 26.2 Å². The molecular formula is C18H37Cl2N3O2. The van der Waals surface area contributed by atoms with Crippen molar-refractivity contribution in [1.29, 1.82) is 0 Å². The Morgan fingerprint density at radius 2 is 2.00 bits per heavy atom. The fourth-order valence-electron chi connectivity index (χ4n) is 3.95. The first-order chi connectivity index (χ1) is 10.8. The van der Waals surface area contributed by atoms with Crippen LogP contribution in [-0.2, 0) is 9.53 Å². The van der Waals surface area contributed by atoms with Gasteiger partial charge in [0.05, 0.1) is 6.10 Å². The van der Waals surface area contributed by atoms with Crippen LogP contribution in [0.5, 0.6) is 0 Å². The van der Waals surface area contributed by atoms with Gasteiger partial charge in [-0.3, -0.25) is 4.79 Å². The van der Waals surface area contributed by atoms with Crippen molar-refractivity contribution in [3.05, 3.63) is 0 Å². The molecule has 5 nitrogen and oxygen atoms in total. The van der Waals surface area contributed by atoms with E-state index in [1.165, 1.54) is 25.8 Å². The molecule has 1 aliphatic heterocycles. The number of piperidine rings is 1. The first kappa shape index (κ1) is 24.9. The average Bonchev–Trinajstić information content (AvgIpc) is 2.52. The molecule has 0 aromatic carbocycles. The second-order valence-electron chi connectivity index (χ2n) is 7.83. The molecule has 0 aromatic rings. The van der Waals surface area contributed by atoms with Gasteiger partial charge in [-0.1, -0.05) is 20.3 Å². The van der Waals surface area contributed by atoms with Crippen LogP contribution in [0.4, 0.5) is 0 Å². The average molecular weight is 398 g/mol. The molecule has 1 saturated carbocycles. The lowest BCUT2D eigenvalue weighted by Gasteiger charge is -2.57. The maximum Gasteiger partial charge on any atom is 0.240 e. The largest absolute Gasteiger partial charge is 0.378 e. The number of ether oxygens (including phenoxy) is 1. The van der Waals surface area contributed by atoms with E-state index < -0.39 is 5.54 Å². The Morgan fingerprint density at radius 3 is 2.56 bits per heavy atom. The van der Waals surface area contributed by atoms with Gasteiger partial charge in [-0.25, -0.2) is 0 Å². The molecule has 0 bridgehead atoms. The van der Waals surface area contributed by atoms with E-state index in [0.29, 0.717) is 25.6 Å². The summed E-state index contributed by atoms with van der Waals surface area (Å²) in [6.45, 7) is 12.0. The van der Waals surface area contributed by atoms with Gasteiger partial charge in [-0.15, -0.1) is 24.8 Å². The molecule has 1 heterocycles. The van der Waals surface area contributed by atoms with Crippen LogP contribution in [0.3, 0.4) is 0 Å². The van der Waals surface area contributed by atoms with Gasteiger partial charge in [0.15, 0.2) is 0 Å². The topological polar surface area (TPSA) is 67.6 Å². The Kier molecular flexibility index (Phi) is 10.3. The third kappa shape index (κ3) is 5.23. The number of halogens is 2. The van der Waals surface area contributed by atoms with Crippen LogP contribution in [-0.4, -0.2) is 54.7 Å². The van der Waals surface area contributed by atoms with Gasteiger partial charge in [-0.05, 0) is 39.7 Å². The Balaban J connectivity index is 0.00000288. The molecule has 25 heavy (non-hydrogen) atoms. The minimum atomic E-state index is -0.800. The second-order valence-corrected chi connectivity index (χ2v) is 7.83. The number of carbonyl (C=O) groups is 1. The Hall–Kier alpha value is -0.0700. The summed E-state index contributed by atoms with van der Waals surface area (Å²) in [5.41, 5.74) is 5.28. The van der Waals surface area contributed by atoms with Crippen LogP contribution in [0.15, 0.2) is 0 Å². The second kappa shape index (κ2) is 10.3. The molecule has 3 atom stereocenters. The van der Waals surface area contributed by atoms with Crippen LogP contribution in [0.1, 0.15) is 59.8 Å². The number of nitrogens with two attached hydrogens (primary N) is 1. The third-order valence-corrected chi connectivity index (χ3v) is 6.08. The molecule has 2 rings (SSSR count). The zero-order chi connectivity index (χ0) is 17.1. The Labute approximate surface area is 165 Å². The quantitative estimate of drug-likeness (QED) is 0.647. The maximum absolute atomic E-state index is 12.5. The minimum Gasteiger partial charge on any atom is -0.378 e. The van der Waals surface area contributed by atoms with Crippen molar-refractivity contribution in [2.45, 2.75) is 77.5 Å². The van der Waals surface area contributed by atoms with Crippen molar-refractivity contribution in [1.82, 2.24) is 10.2 Å². The fourth-order valence-corrected chi connectivity index (χ4v) is 3.95. The predicted molar refractivity (Wildman–Crippen MR) is 108 cm³/mol. The first-order valence-electron chi connectivity index (χ1n) is 9.25. The standard InChI is InChI=1S/C18H35N3O2.2ClH/c1-5-23-15-13-18(19,17(15,3)4)16(22)20-10-8-12-21-11-7-6-9-14(21)2;;/h14-15H,5-13,19H2,1-4H3,(H,20,22);2*1H. The van der Waals surface area contributed by atoms with Crippen LogP contribution in [0.2, 0.25) is 0 Å². The highest BCUT2D eigenvalue weighted by Gasteiger charge is 2.62. The highest BCUT2D eigenvalue weighted by atomic mass is 35.5. The van der Waals surface area contributed by atoms with E-state index in [1.54, 1.807) is 0 Å². The highest BCUT2D eigenvalue weighted by Crippen LogP contribution is 2.49. The summed E-state index contributed by atoms with van der Waals surface area (Å²) in [7, 11) is 0. The van der Waals surface area contributed by atoms with Crippen LogP contribution >= 0.6 is 24.8 Å². The van der Waals surface area contributed by atoms with Gasteiger partial charge in [0, 0.05) is 37.6 Å². The summed E-state index contributed by atoms with van der Waals surface area (Å²) >= 11 is 0. The van der Waals surface area contributed by atoms with Crippen molar-refractivity contribution in [2.24, 2.45) is 11.1 Å². The number of hydrogen-bond acceptors (Lipinski definition) is 4. The van der Waals surface area contributed by atoms with Gasteiger partial charge in [0.25, 0.3) is 0 Å². The lowest BCUT2D eigenvalue weighted by atomic mass is 9.54. The van der Waals surface area contributed by atoms with Gasteiger partial charge < -0.3 is 20.7 Å². The zero-order valence-corrected chi connectivity index (χ0v) is 17.8. The molecule has 3 unspecified atom stereocenters. The monoisotopic (exact) mass is 397 g/mol. The maximum atomic E-state index is 12.5. The molecule has 2 fully saturated rings. The predicted octanol–water partition coefficient (Wildman–Crippen LogP) is 2.74. The van der Waals surface area contributed by atoms with Gasteiger partial charge in [-0.2, -0.15) is 0 Å². The molecule has 0 radical (unpaired) electrons. The van der Waals surface area contributed by atoms with Crippen LogP contribution < -0.4 is 11.1 Å². The lowest BCUT2D eigenvalue weighted by molar-refractivity contribution is -0.170. The number of rotatable bonds is 7. The summed E-state index contributed by atoms with van der Waals surface area (Å²) in [5.74, 6) is -0.0230.